The Hall–Kier alpha value is -3.56. The number of fused-ring (bicyclic) bond motifs is 1. The van der Waals surface area contributed by atoms with Crippen LogP contribution in [0.3, 0.4) is 0 Å². The fraction of sp³-hybridized carbons (Fsp3) is 0.462. The molecule has 1 aliphatic heterocycles. The molecule has 3 heterocycles. The maximum Gasteiger partial charge on any atom is 0.253 e. The van der Waals surface area contributed by atoms with Gasteiger partial charge in [0.15, 0.2) is 17.5 Å². The van der Waals surface area contributed by atoms with Gasteiger partial charge < -0.3 is 15.1 Å². The zero-order valence-corrected chi connectivity index (χ0v) is 21.5. The van der Waals surface area contributed by atoms with Gasteiger partial charge in [0.05, 0.1) is 18.9 Å². The Bertz CT molecular complexity index is 1240. The largest absolute Gasteiger partial charge is 0.350 e. The quantitative estimate of drug-likeness (QED) is 0.497. The van der Waals surface area contributed by atoms with Crippen LogP contribution < -0.4 is 15.1 Å². The summed E-state index contributed by atoms with van der Waals surface area (Å²) < 4.78 is 28.9. The number of anilines is 3. The van der Waals surface area contributed by atoms with Crippen LogP contribution in [0.2, 0.25) is 0 Å². The van der Waals surface area contributed by atoms with Crippen molar-refractivity contribution in [3.8, 4) is 0 Å². The zero-order valence-electron chi connectivity index (χ0n) is 21.5. The Morgan fingerprint density at radius 3 is 2.50 bits per heavy atom. The maximum absolute atomic E-state index is 13.7. The highest BCUT2D eigenvalue weighted by Crippen LogP contribution is 2.51. The van der Waals surface area contributed by atoms with Crippen LogP contribution in [0.25, 0.3) is 0 Å². The molecule has 0 saturated heterocycles. The summed E-state index contributed by atoms with van der Waals surface area (Å²) in [4.78, 5) is 26.1. The number of benzene rings is 1. The normalized spacial score (nSPS) is 15.5. The van der Waals surface area contributed by atoms with Crippen molar-refractivity contribution < 1.29 is 15.0 Å². The molecule has 0 unspecified atom stereocenters. The monoisotopic (exact) mass is 499 g/mol. The Morgan fingerprint density at radius 2 is 1.86 bits per heavy atom. The summed E-state index contributed by atoms with van der Waals surface area (Å²) >= 11 is 0. The lowest BCUT2D eigenvalue weighted by molar-refractivity contribution is -0.121. The molecular weight excluding hydrogens is 464 g/mol. The number of hydrogen-bond acceptors (Lipinski definition) is 6. The van der Waals surface area contributed by atoms with E-state index < -0.39 is 17.2 Å². The number of likely N-dealkylation sites (N-methyl/N-ethyl adjacent to an activating group) is 2. The van der Waals surface area contributed by atoms with Crippen LogP contribution in [-0.2, 0) is 17.9 Å². The van der Waals surface area contributed by atoms with Gasteiger partial charge in [0, 0.05) is 32.8 Å². The molecule has 1 amide bonds. The molecule has 5 rings (SSSR count). The van der Waals surface area contributed by atoms with Crippen molar-refractivity contribution in [2.75, 3.05) is 28.2 Å². The molecule has 1 aromatic carbocycles. The second-order valence-electron chi connectivity index (χ2n) is 8.84. The molecule has 1 N–H and O–H groups in total. The van der Waals surface area contributed by atoms with Crippen molar-refractivity contribution in [1.29, 1.82) is 0 Å². The summed E-state index contributed by atoms with van der Waals surface area (Å²) in [5.74, 6) is -0.283. The van der Waals surface area contributed by atoms with Crippen LogP contribution in [-0.4, -0.2) is 44.3 Å². The molecule has 1 aliphatic carbocycles. The molecule has 0 bridgehead atoms. The molecule has 0 radical (unpaired) electrons. The SMILES string of the molecule is CC.CCN1C(=O)C2(CC2)N(CC)c2nc(NCc3cnn(Cc4cc(C)c(F)c(F)c4)c3)ncc21.[HH]. The molecule has 10 heteroatoms. The van der Waals surface area contributed by atoms with Gasteiger partial charge in [-0.15, -0.1) is 0 Å². The minimum Gasteiger partial charge on any atom is -0.350 e. The van der Waals surface area contributed by atoms with E-state index >= 15 is 0 Å². The minimum absolute atomic E-state index is 0. The van der Waals surface area contributed by atoms with E-state index in [2.05, 4.69) is 20.3 Å². The third-order valence-electron chi connectivity index (χ3n) is 6.56. The lowest BCUT2D eigenvalue weighted by Gasteiger charge is -2.41. The van der Waals surface area contributed by atoms with Crippen molar-refractivity contribution in [2.24, 2.45) is 0 Å². The number of hydrogen-bond donors (Lipinski definition) is 1. The number of halogens is 2. The van der Waals surface area contributed by atoms with Gasteiger partial charge in [0.25, 0.3) is 5.91 Å². The van der Waals surface area contributed by atoms with Crippen molar-refractivity contribution >= 4 is 23.4 Å². The van der Waals surface area contributed by atoms with Crippen LogP contribution >= 0.6 is 0 Å². The summed E-state index contributed by atoms with van der Waals surface area (Å²) in [6.45, 7) is 11.6. The van der Waals surface area contributed by atoms with E-state index in [0.29, 0.717) is 37.7 Å². The molecule has 36 heavy (non-hydrogen) atoms. The molecule has 2 aromatic heterocycles. The van der Waals surface area contributed by atoms with Gasteiger partial charge in [-0.3, -0.25) is 9.48 Å². The smallest absolute Gasteiger partial charge is 0.253 e. The highest BCUT2D eigenvalue weighted by Gasteiger charge is 2.59. The Balaban J connectivity index is 0.00000124. The molecule has 1 fully saturated rings. The Kier molecular flexibility index (Phi) is 7.23. The first-order chi connectivity index (χ1) is 17.4. The second kappa shape index (κ2) is 10.2. The minimum atomic E-state index is -0.856. The number of carbonyl (C=O) groups excluding carboxylic acids is 1. The molecule has 194 valence electrons. The van der Waals surface area contributed by atoms with Crippen molar-refractivity contribution in [1.82, 2.24) is 19.7 Å². The standard InChI is InChI=1S/C24H27F2N7O.C2H6.H2/c1-4-32-19-12-28-23(30-21(19)33(5-2)24(6-7-24)22(32)34)27-10-17-11-29-31(14-17)13-16-8-15(3)20(26)18(25)9-16;1-2;/h8-9,11-12,14H,4-7,10,13H2,1-3H3,(H,27,28,30);1-2H3;1H. The van der Waals surface area contributed by atoms with Crippen LogP contribution in [0.15, 0.2) is 30.7 Å². The van der Waals surface area contributed by atoms with E-state index in [1.165, 1.54) is 6.07 Å². The predicted octanol–water partition coefficient (Wildman–Crippen LogP) is 4.92. The average molecular weight is 500 g/mol. The average Bonchev–Trinajstić information content (AvgIpc) is 3.55. The summed E-state index contributed by atoms with van der Waals surface area (Å²) in [6, 6.07) is 2.81. The summed E-state index contributed by atoms with van der Waals surface area (Å²) in [6.07, 6.45) is 6.96. The number of nitrogens with one attached hydrogen (secondary N) is 1. The van der Waals surface area contributed by atoms with Gasteiger partial charge in [-0.05, 0) is 50.8 Å². The van der Waals surface area contributed by atoms with Gasteiger partial charge in [-0.2, -0.15) is 10.1 Å². The van der Waals surface area contributed by atoms with Gasteiger partial charge in [-0.25, -0.2) is 13.8 Å². The topological polar surface area (TPSA) is 79.2 Å². The fourth-order valence-electron chi connectivity index (χ4n) is 4.73. The van der Waals surface area contributed by atoms with E-state index in [1.54, 1.807) is 35.0 Å². The Morgan fingerprint density at radius 1 is 1.11 bits per heavy atom. The van der Waals surface area contributed by atoms with Gasteiger partial charge >= 0.3 is 0 Å². The number of aryl methyl sites for hydroxylation is 1. The molecule has 1 saturated carbocycles. The summed E-state index contributed by atoms with van der Waals surface area (Å²) in [5.41, 5.74) is 2.10. The van der Waals surface area contributed by atoms with E-state index in [1.807, 2.05) is 33.9 Å². The van der Waals surface area contributed by atoms with E-state index in [4.69, 9.17) is 4.98 Å². The third-order valence-corrected chi connectivity index (χ3v) is 6.56. The van der Waals surface area contributed by atoms with Crippen molar-refractivity contribution in [3.63, 3.8) is 0 Å². The first kappa shape index (κ1) is 25.5. The third kappa shape index (κ3) is 4.52. The zero-order chi connectivity index (χ0) is 26.0. The number of aromatic nitrogens is 4. The van der Waals surface area contributed by atoms with Crippen molar-refractivity contribution in [2.45, 2.75) is 66.1 Å². The first-order valence-corrected chi connectivity index (χ1v) is 12.5. The Labute approximate surface area is 211 Å². The van der Waals surface area contributed by atoms with Gasteiger partial charge in [-0.1, -0.05) is 19.9 Å². The number of nitrogens with zero attached hydrogens (tertiary/aromatic N) is 6. The maximum atomic E-state index is 13.7. The fourth-order valence-corrected chi connectivity index (χ4v) is 4.73. The number of carbonyl (C=O) groups is 1. The molecule has 0 atom stereocenters. The molecule has 2 aliphatic rings. The summed E-state index contributed by atoms with van der Waals surface area (Å²) in [5, 5.41) is 7.56. The van der Waals surface area contributed by atoms with Crippen molar-refractivity contribution in [3.05, 3.63) is 59.0 Å². The first-order valence-electron chi connectivity index (χ1n) is 12.5. The molecule has 1 spiro atoms. The highest BCUT2D eigenvalue weighted by atomic mass is 19.2. The van der Waals surface area contributed by atoms with Crippen LogP contribution in [0, 0.1) is 18.6 Å². The lowest BCUT2D eigenvalue weighted by Crippen LogP contribution is -2.56. The van der Waals surface area contributed by atoms with E-state index in [-0.39, 0.29) is 12.9 Å². The lowest BCUT2D eigenvalue weighted by atomic mass is 10.1. The van der Waals surface area contributed by atoms with Crippen LogP contribution in [0.1, 0.15) is 58.7 Å². The predicted molar refractivity (Wildman–Crippen MR) is 138 cm³/mol. The van der Waals surface area contributed by atoms with Gasteiger partial charge in [0.2, 0.25) is 5.95 Å². The molecule has 8 nitrogen and oxygen atoms in total. The van der Waals surface area contributed by atoms with E-state index in [9.17, 15) is 13.6 Å². The highest BCUT2D eigenvalue weighted by molar-refractivity contribution is 6.09. The van der Waals surface area contributed by atoms with Gasteiger partial charge in [0.1, 0.15) is 11.2 Å². The number of amides is 1. The second-order valence-corrected chi connectivity index (χ2v) is 8.84. The number of rotatable bonds is 7. The molecular formula is C26H35F2N7O. The summed E-state index contributed by atoms with van der Waals surface area (Å²) in [7, 11) is 0. The van der Waals surface area contributed by atoms with Crippen LogP contribution in [0.5, 0.6) is 0 Å². The molecule has 3 aromatic rings. The van der Waals surface area contributed by atoms with Crippen LogP contribution in [0.4, 0.5) is 26.2 Å². The van der Waals surface area contributed by atoms with E-state index in [0.717, 1.165) is 29.9 Å².